The Bertz CT molecular complexity index is 538. The van der Waals surface area contributed by atoms with Gasteiger partial charge in [0.2, 0.25) is 0 Å². The lowest BCUT2D eigenvalue weighted by atomic mass is 10.1. The average molecular weight is 324 g/mol. The molecule has 114 valence electrons. The lowest BCUT2D eigenvalue weighted by Gasteiger charge is -2.17. The van der Waals surface area contributed by atoms with Gasteiger partial charge in [-0.3, -0.25) is 0 Å². The fourth-order valence-corrected chi connectivity index (χ4v) is 1.46. The lowest BCUT2D eigenvalue weighted by molar-refractivity contribution is -0.142. The Kier molecular flexibility index (Phi) is 4.39. The molecule has 0 aliphatic rings. The zero-order valence-corrected chi connectivity index (χ0v) is 10.1. The molecular formula is C8H7F6N2O3P. The van der Waals surface area contributed by atoms with Crippen LogP contribution < -0.4 is 10.6 Å². The number of nitrogens with one attached hydrogen (secondary N) is 2. The summed E-state index contributed by atoms with van der Waals surface area (Å²) < 4.78 is 85.3. The van der Waals surface area contributed by atoms with Crippen molar-refractivity contribution in [3.63, 3.8) is 0 Å². The fourth-order valence-electron chi connectivity index (χ4n) is 1.20. The number of alkyl halides is 6. The first kappa shape index (κ1) is 16.8. The summed E-state index contributed by atoms with van der Waals surface area (Å²) in [6.07, 6.45) is -10.1. The Balaban J connectivity index is 3.22. The summed E-state index contributed by atoms with van der Waals surface area (Å²) in [4.78, 5) is 16.9. The molecule has 0 atom stereocenters. The van der Waals surface area contributed by atoms with Gasteiger partial charge in [-0.1, -0.05) is 0 Å². The van der Waals surface area contributed by atoms with E-state index < -0.39 is 36.9 Å². The summed E-state index contributed by atoms with van der Waals surface area (Å²) in [5, 5.41) is 1.24. The molecule has 0 bridgehead atoms. The van der Waals surface area contributed by atoms with E-state index >= 15 is 0 Å². The van der Waals surface area contributed by atoms with Crippen LogP contribution >= 0.6 is 7.75 Å². The minimum absolute atomic E-state index is 0.163. The lowest BCUT2D eigenvalue weighted by Crippen LogP contribution is -2.21. The molecule has 0 radical (unpaired) electrons. The topological polar surface area (TPSA) is 81.6 Å². The zero-order valence-electron chi connectivity index (χ0n) is 9.25. The molecule has 0 unspecified atom stereocenters. The van der Waals surface area contributed by atoms with Crippen LogP contribution in [0.4, 0.5) is 32.0 Å². The van der Waals surface area contributed by atoms with Crippen LogP contribution in [0.1, 0.15) is 11.1 Å². The molecule has 4 N–H and O–H groups in total. The first-order chi connectivity index (χ1) is 8.81. The molecule has 0 fully saturated rings. The van der Waals surface area contributed by atoms with Crippen LogP contribution in [0.25, 0.3) is 0 Å². The van der Waals surface area contributed by atoms with Gasteiger partial charge in [0.05, 0.1) is 16.8 Å². The van der Waals surface area contributed by atoms with Crippen molar-refractivity contribution in [1.29, 1.82) is 0 Å². The molecule has 1 aromatic rings. The average Bonchev–Trinajstić information content (AvgIpc) is 2.22. The second kappa shape index (κ2) is 5.24. The molecule has 1 aromatic carbocycles. The van der Waals surface area contributed by atoms with Crippen LogP contribution in [0.2, 0.25) is 0 Å². The number of benzene rings is 1. The maximum absolute atomic E-state index is 12.6. The molecule has 0 aliphatic carbocycles. The number of anilines is 1. The molecule has 0 spiro atoms. The largest absolute Gasteiger partial charge is 0.418 e. The van der Waals surface area contributed by atoms with Gasteiger partial charge in [0.1, 0.15) is 0 Å². The van der Waals surface area contributed by atoms with E-state index in [0.29, 0.717) is 12.1 Å². The minimum atomic E-state index is -5.14. The molecule has 0 saturated carbocycles. The first-order valence-electron chi connectivity index (χ1n) is 4.68. The fraction of sp³-hybridized carbons (Fsp3) is 0.250. The minimum Gasteiger partial charge on any atom is -0.311 e. The van der Waals surface area contributed by atoms with Gasteiger partial charge in [-0.25, -0.2) is 4.57 Å². The van der Waals surface area contributed by atoms with Gasteiger partial charge >= 0.3 is 20.1 Å². The Morgan fingerprint density at radius 3 is 1.95 bits per heavy atom. The van der Waals surface area contributed by atoms with Crippen molar-refractivity contribution in [2.75, 3.05) is 5.43 Å². The van der Waals surface area contributed by atoms with Gasteiger partial charge in [0, 0.05) is 0 Å². The molecule has 1 rings (SSSR count). The second-order valence-corrected chi connectivity index (χ2v) is 4.85. The van der Waals surface area contributed by atoms with Crippen LogP contribution in [0.3, 0.4) is 0 Å². The van der Waals surface area contributed by atoms with Crippen molar-refractivity contribution >= 4 is 13.4 Å². The maximum atomic E-state index is 12.6. The van der Waals surface area contributed by atoms with Crippen molar-refractivity contribution in [3.8, 4) is 0 Å². The van der Waals surface area contributed by atoms with Crippen LogP contribution in [0.15, 0.2) is 18.2 Å². The third kappa shape index (κ3) is 4.67. The van der Waals surface area contributed by atoms with E-state index in [-0.39, 0.29) is 6.07 Å². The third-order valence-electron chi connectivity index (χ3n) is 1.99. The maximum Gasteiger partial charge on any atom is 0.418 e. The highest BCUT2D eigenvalue weighted by Crippen LogP contribution is 2.39. The van der Waals surface area contributed by atoms with Crippen LogP contribution in [0, 0.1) is 0 Å². The zero-order chi connectivity index (χ0) is 15.8. The Morgan fingerprint density at radius 1 is 1.00 bits per heavy atom. The van der Waals surface area contributed by atoms with Crippen LogP contribution in [-0.2, 0) is 16.9 Å². The molecule has 0 heterocycles. The van der Waals surface area contributed by atoms with E-state index in [2.05, 4.69) is 0 Å². The van der Waals surface area contributed by atoms with Crippen molar-refractivity contribution in [2.24, 2.45) is 0 Å². The van der Waals surface area contributed by atoms with E-state index in [1.54, 1.807) is 0 Å². The highest BCUT2D eigenvalue weighted by Gasteiger charge is 2.38. The van der Waals surface area contributed by atoms with E-state index in [1.165, 1.54) is 10.6 Å². The SMILES string of the molecule is O=P(O)(O)NNc1ccc(C(F)(F)F)cc1C(F)(F)F. The van der Waals surface area contributed by atoms with Crippen molar-refractivity contribution in [1.82, 2.24) is 5.20 Å². The van der Waals surface area contributed by atoms with Gasteiger partial charge in [-0.05, 0) is 18.2 Å². The summed E-state index contributed by atoms with van der Waals surface area (Å²) >= 11 is 0. The highest BCUT2D eigenvalue weighted by molar-refractivity contribution is 7.49. The molecule has 0 aliphatic heterocycles. The predicted octanol–water partition coefficient (Wildman–Crippen LogP) is 2.73. The summed E-state index contributed by atoms with van der Waals surface area (Å²) in [6, 6.07) is 0.594. The van der Waals surface area contributed by atoms with Gasteiger partial charge in [-0.2, -0.15) is 26.3 Å². The number of rotatable bonds is 3. The van der Waals surface area contributed by atoms with E-state index in [0.717, 1.165) is 0 Å². The number of hydrogen-bond donors (Lipinski definition) is 4. The molecular weight excluding hydrogens is 317 g/mol. The molecule has 0 aromatic heterocycles. The summed E-state index contributed by atoms with van der Waals surface area (Å²) in [5.74, 6) is 0. The van der Waals surface area contributed by atoms with Crippen LogP contribution in [-0.4, -0.2) is 9.79 Å². The molecule has 12 heteroatoms. The van der Waals surface area contributed by atoms with Gasteiger partial charge in [0.15, 0.2) is 0 Å². The number of hydrogen-bond acceptors (Lipinski definition) is 2. The van der Waals surface area contributed by atoms with E-state index in [4.69, 9.17) is 9.79 Å². The first-order valence-corrected chi connectivity index (χ1v) is 6.29. The van der Waals surface area contributed by atoms with Crippen molar-refractivity contribution in [3.05, 3.63) is 29.3 Å². The second-order valence-electron chi connectivity index (χ2n) is 3.54. The van der Waals surface area contributed by atoms with Crippen molar-refractivity contribution < 1.29 is 40.7 Å². The smallest absolute Gasteiger partial charge is 0.311 e. The summed E-state index contributed by atoms with van der Waals surface area (Å²) in [6.45, 7) is 0. The molecule has 0 amide bonds. The van der Waals surface area contributed by atoms with Gasteiger partial charge < -0.3 is 15.2 Å². The van der Waals surface area contributed by atoms with E-state index in [9.17, 15) is 30.9 Å². The van der Waals surface area contributed by atoms with Crippen molar-refractivity contribution in [2.45, 2.75) is 12.4 Å². The quantitative estimate of drug-likeness (QED) is 0.390. The van der Waals surface area contributed by atoms with E-state index in [1.807, 2.05) is 0 Å². The highest BCUT2D eigenvalue weighted by atomic mass is 31.2. The van der Waals surface area contributed by atoms with Gasteiger partial charge in [0.25, 0.3) is 0 Å². The number of hydrazine groups is 1. The predicted molar refractivity (Wildman–Crippen MR) is 55.2 cm³/mol. The summed E-state index contributed by atoms with van der Waals surface area (Å²) in [5.41, 5.74) is -2.66. The molecule has 5 nitrogen and oxygen atoms in total. The third-order valence-corrected chi connectivity index (χ3v) is 2.39. The Labute approximate surface area is 107 Å². The monoisotopic (exact) mass is 324 g/mol. The van der Waals surface area contributed by atoms with Crippen LogP contribution in [0.5, 0.6) is 0 Å². The number of halogens is 6. The Morgan fingerprint density at radius 2 is 1.55 bits per heavy atom. The summed E-state index contributed by atoms with van der Waals surface area (Å²) in [7, 11) is -4.90. The molecule has 0 saturated heterocycles. The Hall–Kier alpha value is -1.29. The van der Waals surface area contributed by atoms with Gasteiger partial charge in [-0.15, -0.1) is 5.20 Å². The normalized spacial score (nSPS) is 13.4. The molecule has 20 heavy (non-hydrogen) atoms. The standard InChI is InChI=1S/C8H7F6N2O3P/c9-7(10,11)4-1-2-6(15-16-20(17,18)19)5(3-4)8(12,13)14/h1-3,15H,(H3,16,17,18,19).